The summed E-state index contributed by atoms with van der Waals surface area (Å²) in [6.07, 6.45) is 2.48. The van der Waals surface area contributed by atoms with E-state index in [9.17, 15) is 14.4 Å². The van der Waals surface area contributed by atoms with E-state index in [0.29, 0.717) is 17.3 Å². The number of H-pyrrole nitrogens is 1. The SMILES string of the molecule is O=C(NCCn1[nH]c(=O)c2ccccc2c1=O)[C@H]1CCc2ccccc2C1. The Morgan fingerprint density at radius 1 is 1.04 bits per heavy atom. The predicted octanol–water partition coefficient (Wildman–Crippen LogP) is 1.61. The van der Waals surface area contributed by atoms with Crippen LogP contribution in [0, 0.1) is 5.92 Å². The Hall–Kier alpha value is -3.15. The van der Waals surface area contributed by atoms with E-state index in [1.54, 1.807) is 24.3 Å². The average molecular weight is 363 g/mol. The second-order valence-electron chi connectivity index (χ2n) is 6.94. The quantitative estimate of drug-likeness (QED) is 0.739. The van der Waals surface area contributed by atoms with Crippen molar-refractivity contribution in [1.82, 2.24) is 15.1 Å². The van der Waals surface area contributed by atoms with Crippen molar-refractivity contribution in [2.75, 3.05) is 6.54 Å². The van der Waals surface area contributed by atoms with Crippen LogP contribution in [0.5, 0.6) is 0 Å². The van der Waals surface area contributed by atoms with Crippen molar-refractivity contribution >= 4 is 16.7 Å². The van der Waals surface area contributed by atoms with Crippen LogP contribution in [0.15, 0.2) is 58.1 Å². The van der Waals surface area contributed by atoms with E-state index in [0.717, 1.165) is 19.3 Å². The normalized spacial score (nSPS) is 16.1. The van der Waals surface area contributed by atoms with Crippen LogP contribution in [-0.2, 0) is 24.2 Å². The Balaban J connectivity index is 1.41. The van der Waals surface area contributed by atoms with Gasteiger partial charge < -0.3 is 5.32 Å². The summed E-state index contributed by atoms with van der Waals surface area (Å²) in [4.78, 5) is 37.1. The van der Waals surface area contributed by atoms with Crippen molar-refractivity contribution in [3.8, 4) is 0 Å². The van der Waals surface area contributed by atoms with Gasteiger partial charge in [-0.25, -0.2) is 4.68 Å². The smallest absolute Gasteiger partial charge is 0.273 e. The molecular weight excluding hydrogens is 342 g/mol. The van der Waals surface area contributed by atoms with E-state index in [-0.39, 0.29) is 29.5 Å². The lowest BCUT2D eigenvalue weighted by Gasteiger charge is -2.23. The molecule has 2 N–H and O–H groups in total. The highest BCUT2D eigenvalue weighted by atomic mass is 16.2. The second kappa shape index (κ2) is 7.23. The van der Waals surface area contributed by atoms with Gasteiger partial charge in [-0.3, -0.25) is 19.5 Å². The first-order valence-corrected chi connectivity index (χ1v) is 9.20. The highest BCUT2D eigenvalue weighted by Gasteiger charge is 2.24. The van der Waals surface area contributed by atoms with Gasteiger partial charge in [-0.1, -0.05) is 36.4 Å². The molecule has 2 aromatic carbocycles. The monoisotopic (exact) mass is 363 g/mol. The maximum Gasteiger partial charge on any atom is 0.273 e. The maximum absolute atomic E-state index is 12.5. The molecule has 0 bridgehead atoms. The molecule has 6 heteroatoms. The molecule has 1 heterocycles. The van der Waals surface area contributed by atoms with E-state index >= 15 is 0 Å². The van der Waals surface area contributed by atoms with E-state index in [2.05, 4.69) is 22.5 Å². The van der Waals surface area contributed by atoms with Crippen molar-refractivity contribution in [2.24, 2.45) is 5.92 Å². The number of nitrogens with zero attached hydrogens (tertiary/aromatic N) is 1. The molecule has 1 aromatic heterocycles. The van der Waals surface area contributed by atoms with Gasteiger partial charge in [-0.05, 0) is 42.5 Å². The first-order valence-electron chi connectivity index (χ1n) is 9.20. The molecule has 1 atom stereocenters. The Morgan fingerprint density at radius 3 is 2.56 bits per heavy atom. The molecule has 0 spiro atoms. The van der Waals surface area contributed by atoms with Crippen molar-refractivity contribution in [1.29, 1.82) is 0 Å². The zero-order valence-corrected chi connectivity index (χ0v) is 14.9. The Labute approximate surface area is 155 Å². The van der Waals surface area contributed by atoms with E-state index in [4.69, 9.17) is 0 Å². The third kappa shape index (κ3) is 3.43. The minimum Gasteiger partial charge on any atom is -0.354 e. The fourth-order valence-electron chi connectivity index (χ4n) is 3.76. The van der Waals surface area contributed by atoms with Crippen LogP contribution in [0.2, 0.25) is 0 Å². The number of benzene rings is 2. The first-order chi connectivity index (χ1) is 13.1. The lowest BCUT2D eigenvalue weighted by molar-refractivity contribution is -0.125. The number of hydrogen-bond donors (Lipinski definition) is 2. The van der Waals surface area contributed by atoms with Gasteiger partial charge in [0, 0.05) is 12.5 Å². The van der Waals surface area contributed by atoms with Gasteiger partial charge in [-0.2, -0.15) is 0 Å². The van der Waals surface area contributed by atoms with Crippen molar-refractivity contribution in [2.45, 2.75) is 25.8 Å². The summed E-state index contributed by atoms with van der Waals surface area (Å²) in [6, 6.07) is 15.0. The molecule has 3 aromatic rings. The van der Waals surface area contributed by atoms with E-state index in [1.165, 1.54) is 15.8 Å². The van der Waals surface area contributed by atoms with Crippen LogP contribution in [-0.4, -0.2) is 22.2 Å². The molecule has 0 saturated heterocycles. The molecule has 4 rings (SSSR count). The van der Waals surface area contributed by atoms with Crippen molar-refractivity contribution in [3.63, 3.8) is 0 Å². The number of nitrogens with one attached hydrogen (secondary N) is 2. The molecule has 0 radical (unpaired) electrons. The largest absolute Gasteiger partial charge is 0.354 e. The molecule has 1 aliphatic carbocycles. The number of carbonyl (C=O) groups excluding carboxylic acids is 1. The van der Waals surface area contributed by atoms with Crippen LogP contribution in [0.3, 0.4) is 0 Å². The highest BCUT2D eigenvalue weighted by Crippen LogP contribution is 2.25. The number of carbonyl (C=O) groups is 1. The summed E-state index contributed by atoms with van der Waals surface area (Å²) in [5.41, 5.74) is 1.99. The topological polar surface area (TPSA) is 84.0 Å². The average Bonchev–Trinajstić information content (AvgIpc) is 2.71. The molecule has 0 unspecified atom stereocenters. The van der Waals surface area contributed by atoms with Gasteiger partial charge in [0.15, 0.2) is 0 Å². The molecule has 6 nitrogen and oxygen atoms in total. The number of hydrogen-bond acceptors (Lipinski definition) is 3. The Morgan fingerprint density at radius 2 is 1.74 bits per heavy atom. The van der Waals surface area contributed by atoms with E-state index in [1.807, 2.05) is 12.1 Å². The number of aromatic nitrogens is 2. The molecule has 0 aliphatic heterocycles. The third-order valence-electron chi connectivity index (χ3n) is 5.24. The summed E-state index contributed by atoms with van der Waals surface area (Å²) in [6.45, 7) is 0.527. The lowest BCUT2D eigenvalue weighted by Crippen LogP contribution is -2.38. The van der Waals surface area contributed by atoms with E-state index < -0.39 is 0 Å². The summed E-state index contributed by atoms with van der Waals surface area (Å²) in [7, 11) is 0. The third-order valence-corrected chi connectivity index (χ3v) is 5.24. The van der Waals surface area contributed by atoms with Crippen LogP contribution >= 0.6 is 0 Å². The maximum atomic E-state index is 12.5. The molecular formula is C21H21N3O3. The zero-order chi connectivity index (χ0) is 18.8. The molecule has 1 aliphatic rings. The molecule has 1 amide bonds. The van der Waals surface area contributed by atoms with Gasteiger partial charge in [0.2, 0.25) is 5.91 Å². The molecule has 0 saturated carbocycles. The second-order valence-corrected chi connectivity index (χ2v) is 6.94. The fourth-order valence-corrected chi connectivity index (χ4v) is 3.76. The summed E-state index contributed by atoms with van der Waals surface area (Å²) < 4.78 is 1.26. The fraction of sp³-hybridized carbons (Fsp3) is 0.286. The van der Waals surface area contributed by atoms with Crippen LogP contribution in [0.4, 0.5) is 0 Å². The number of aryl methyl sites for hydroxylation is 1. The summed E-state index contributed by atoms with van der Waals surface area (Å²) in [5, 5.41) is 6.25. The molecule has 27 heavy (non-hydrogen) atoms. The Bertz CT molecular complexity index is 1110. The zero-order valence-electron chi connectivity index (χ0n) is 14.9. The number of rotatable bonds is 4. The van der Waals surface area contributed by atoms with Crippen molar-refractivity contribution < 1.29 is 4.79 Å². The number of fused-ring (bicyclic) bond motifs is 2. The van der Waals surface area contributed by atoms with Crippen LogP contribution in [0.1, 0.15) is 17.5 Å². The Kier molecular flexibility index (Phi) is 4.62. The van der Waals surface area contributed by atoms with Crippen LogP contribution < -0.4 is 16.4 Å². The standard InChI is InChI=1S/C21H21N3O3/c25-19(16-10-9-14-5-1-2-6-15(14)13-16)22-11-12-24-21(27)18-8-4-3-7-17(18)20(26)23-24/h1-8,16H,9-13H2,(H,22,25)(H,23,26)/t16-/m0/s1. The minimum absolute atomic E-state index is 0.000637. The van der Waals surface area contributed by atoms with Gasteiger partial charge >= 0.3 is 0 Å². The van der Waals surface area contributed by atoms with Gasteiger partial charge in [-0.15, -0.1) is 0 Å². The number of aromatic amines is 1. The molecule has 138 valence electrons. The van der Waals surface area contributed by atoms with Crippen molar-refractivity contribution in [3.05, 3.63) is 80.4 Å². The predicted molar refractivity (Wildman–Crippen MR) is 104 cm³/mol. The van der Waals surface area contributed by atoms with Crippen LogP contribution in [0.25, 0.3) is 10.8 Å². The van der Waals surface area contributed by atoms with Gasteiger partial charge in [0.05, 0.1) is 17.3 Å². The van der Waals surface area contributed by atoms with Gasteiger partial charge in [0.1, 0.15) is 0 Å². The molecule has 0 fully saturated rings. The highest BCUT2D eigenvalue weighted by molar-refractivity contribution is 5.80. The van der Waals surface area contributed by atoms with Gasteiger partial charge in [0.25, 0.3) is 11.1 Å². The lowest BCUT2D eigenvalue weighted by atomic mass is 9.83. The summed E-state index contributed by atoms with van der Waals surface area (Å²) >= 11 is 0. The first kappa shape index (κ1) is 17.3. The summed E-state index contributed by atoms with van der Waals surface area (Å²) in [5.74, 6) is -0.0482. The minimum atomic E-state index is -0.305. The number of amides is 1.